The normalized spacial score (nSPS) is 23.1. The van der Waals surface area contributed by atoms with Crippen LogP contribution in [0.1, 0.15) is 37.8 Å². The summed E-state index contributed by atoms with van der Waals surface area (Å²) in [4.78, 5) is 10.9. The number of hydrogen-bond acceptors (Lipinski definition) is 6. The van der Waals surface area contributed by atoms with Crippen molar-refractivity contribution in [3.8, 4) is 0 Å². The minimum absolute atomic E-state index is 0.338. The van der Waals surface area contributed by atoms with Gasteiger partial charge in [-0.3, -0.25) is 0 Å². The third-order valence-electron chi connectivity index (χ3n) is 4.47. The molecule has 3 rings (SSSR count). The average molecular weight is 291 g/mol. The molecule has 1 aliphatic carbocycles. The van der Waals surface area contributed by atoms with Crippen molar-refractivity contribution in [3.05, 3.63) is 11.8 Å². The number of likely N-dealkylation sites (N-methyl/N-ethyl adjacent to an activating group) is 1. The molecule has 0 bridgehead atoms. The predicted molar refractivity (Wildman–Crippen MR) is 83.2 cm³/mol. The topological polar surface area (TPSA) is 76.3 Å². The molecule has 2 aliphatic rings. The van der Waals surface area contributed by atoms with Gasteiger partial charge in [0, 0.05) is 25.2 Å². The van der Waals surface area contributed by atoms with Crippen LogP contribution >= 0.6 is 0 Å². The minimum atomic E-state index is 0.338. The lowest BCUT2D eigenvalue weighted by molar-refractivity contribution is 0.0438. The van der Waals surface area contributed by atoms with Gasteiger partial charge in [-0.25, -0.2) is 4.98 Å². The van der Waals surface area contributed by atoms with E-state index in [2.05, 4.69) is 20.2 Å². The molecular formula is C15H25N5O. The molecule has 0 spiro atoms. The van der Waals surface area contributed by atoms with E-state index in [1.165, 1.54) is 25.7 Å². The molecule has 1 aromatic heterocycles. The van der Waals surface area contributed by atoms with Crippen molar-refractivity contribution in [2.24, 2.45) is 0 Å². The Morgan fingerprint density at radius 2 is 2.14 bits per heavy atom. The van der Waals surface area contributed by atoms with Crippen LogP contribution in [0.25, 0.3) is 0 Å². The molecule has 0 radical (unpaired) electrons. The number of aromatic nitrogens is 2. The van der Waals surface area contributed by atoms with Crippen LogP contribution in [-0.4, -0.2) is 42.3 Å². The molecule has 3 N–H and O–H groups in total. The Kier molecular flexibility index (Phi) is 4.55. The van der Waals surface area contributed by atoms with Crippen LogP contribution in [-0.2, 0) is 11.3 Å². The highest BCUT2D eigenvalue weighted by Gasteiger charge is 2.23. The van der Waals surface area contributed by atoms with Crippen LogP contribution in [0.2, 0.25) is 0 Å². The number of rotatable bonds is 5. The third-order valence-corrected chi connectivity index (χ3v) is 4.47. The van der Waals surface area contributed by atoms with E-state index in [9.17, 15) is 0 Å². The van der Waals surface area contributed by atoms with Gasteiger partial charge in [0.15, 0.2) is 0 Å². The smallest absolute Gasteiger partial charge is 0.222 e. The van der Waals surface area contributed by atoms with E-state index < -0.39 is 0 Å². The van der Waals surface area contributed by atoms with Gasteiger partial charge in [-0.15, -0.1) is 0 Å². The third kappa shape index (κ3) is 3.63. The Hall–Kier alpha value is -1.40. The second-order valence-corrected chi connectivity index (χ2v) is 6.01. The maximum absolute atomic E-state index is 5.93. The van der Waals surface area contributed by atoms with Gasteiger partial charge >= 0.3 is 0 Å². The number of hydrogen-bond donors (Lipinski definition) is 2. The first-order chi connectivity index (χ1) is 10.2. The lowest BCUT2D eigenvalue weighted by atomic mass is 10.3. The Labute approximate surface area is 126 Å². The molecule has 6 heteroatoms. The summed E-state index contributed by atoms with van der Waals surface area (Å²) in [6.45, 7) is 2.51. The second kappa shape index (κ2) is 6.58. The Balaban J connectivity index is 1.64. The Morgan fingerprint density at radius 1 is 1.33 bits per heavy atom. The lowest BCUT2D eigenvalue weighted by Gasteiger charge is -2.19. The van der Waals surface area contributed by atoms with Crippen molar-refractivity contribution < 1.29 is 4.74 Å². The van der Waals surface area contributed by atoms with E-state index in [-0.39, 0.29) is 0 Å². The van der Waals surface area contributed by atoms with Gasteiger partial charge in [-0.2, -0.15) is 4.98 Å². The van der Waals surface area contributed by atoms with Crippen molar-refractivity contribution in [1.82, 2.24) is 15.3 Å². The zero-order chi connectivity index (χ0) is 14.7. The van der Waals surface area contributed by atoms with Gasteiger partial charge in [-0.05, 0) is 26.3 Å². The summed E-state index contributed by atoms with van der Waals surface area (Å²) < 4.78 is 5.93. The van der Waals surface area contributed by atoms with E-state index in [0.717, 1.165) is 31.0 Å². The van der Waals surface area contributed by atoms with Crippen LogP contribution in [0.4, 0.5) is 11.8 Å². The maximum Gasteiger partial charge on any atom is 0.222 e. The minimum Gasteiger partial charge on any atom is -0.372 e. The fourth-order valence-corrected chi connectivity index (χ4v) is 3.20. The van der Waals surface area contributed by atoms with E-state index in [1.807, 2.05) is 13.1 Å². The van der Waals surface area contributed by atoms with Crippen molar-refractivity contribution in [2.75, 3.05) is 30.8 Å². The Bertz CT molecular complexity index is 475. The quantitative estimate of drug-likeness (QED) is 0.852. The maximum atomic E-state index is 5.93. The summed E-state index contributed by atoms with van der Waals surface area (Å²) in [5.41, 5.74) is 6.74. The molecule has 1 aromatic rings. The molecule has 0 unspecified atom stereocenters. The molecule has 6 nitrogen and oxygen atoms in total. The number of ether oxygens (including phenoxy) is 1. The monoisotopic (exact) mass is 291 g/mol. The van der Waals surface area contributed by atoms with Crippen LogP contribution in [0.15, 0.2) is 6.07 Å². The molecule has 116 valence electrons. The summed E-state index contributed by atoms with van der Waals surface area (Å²) in [6, 6.07) is 2.54. The highest BCUT2D eigenvalue weighted by Crippen LogP contribution is 2.23. The van der Waals surface area contributed by atoms with Crippen LogP contribution in [0.5, 0.6) is 0 Å². The zero-order valence-electron chi connectivity index (χ0n) is 12.7. The number of nitrogens with zero attached hydrogens (tertiary/aromatic N) is 3. The lowest BCUT2D eigenvalue weighted by Crippen LogP contribution is -2.30. The van der Waals surface area contributed by atoms with Gasteiger partial charge in [0.05, 0.1) is 18.4 Å². The largest absolute Gasteiger partial charge is 0.372 e. The highest BCUT2D eigenvalue weighted by molar-refractivity contribution is 5.44. The summed E-state index contributed by atoms with van der Waals surface area (Å²) >= 11 is 0. The van der Waals surface area contributed by atoms with E-state index in [4.69, 9.17) is 10.5 Å². The van der Waals surface area contributed by atoms with Gasteiger partial charge in [0.1, 0.15) is 5.82 Å². The van der Waals surface area contributed by atoms with Crippen molar-refractivity contribution in [1.29, 1.82) is 0 Å². The van der Waals surface area contributed by atoms with E-state index >= 15 is 0 Å². The summed E-state index contributed by atoms with van der Waals surface area (Å²) in [7, 11) is 2.00. The van der Waals surface area contributed by atoms with E-state index in [0.29, 0.717) is 24.7 Å². The van der Waals surface area contributed by atoms with Crippen molar-refractivity contribution >= 4 is 11.8 Å². The highest BCUT2D eigenvalue weighted by atomic mass is 16.5. The molecule has 1 saturated heterocycles. The number of nitrogens with two attached hydrogens (primary N) is 1. The molecule has 0 aromatic carbocycles. The fourth-order valence-electron chi connectivity index (χ4n) is 3.20. The number of nitrogen functional groups attached to an aromatic ring is 1. The first-order valence-electron chi connectivity index (χ1n) is 7.92. The van der Waals surface area contributed by atoms with Crippen LogP contribution in [0.3, 0.4) is 0 Å². The molecule has 1 aliphatic heterocycles. The van der Waals surface area contributed by atoms with E-state index in [1.54, 1.807) is 0 Å². The predicted octanol–water partition coefficient (Wildman–Crippen LogP) is 1.32. The van der Waals surface area contributed by atoms with Gasteiger partial charge in [-0.1, -0.05) is 12.8 Å². The molecule has 0 amide bonds. The number of nitrogens with one attached hydrogen (secondary N) is 1. The molecule has 1 saturated carbocycles. The standard InChI is InChI=1S/C15H25N5O/c1-17-11-6-7-20(9-11)14-8-12(18-15(16)19-14)10-21-13-4-2-3-5-13/h8,11,13,17H,2-7,9-10H2,1H3,(H2,16,18,19)/t11-/m1/s1. The molecule has 2 fully saturated rings. The summed E-state index contributed by atoms with van der Waals surface area (Å²) in [5.74, 6) is 1.26. The second-order valence-electron chi connectivity index (χ2n) is 6.01. The molecular weight excluding hydrogens is 266 g/mol. The molecule has 2 heterocycles. The van der Waals surface area contributed by atoms with Gasteiger partial charge in [0.2, 0.25) is 5.95 Å². The fraction of sp³-hybridized carbons (Fsp3) is 0.733. The van der Waals surface area contributed by atoms with Gasteiger partial charge in [0.25, 0.3) is 0 Å². The molecule has 21 heavy (non-hydrogen) atoms. The SMILES string of the molecule is CN[C@@H]1CCN(c2cc(COC3CCCC3)nc(N)n2)C1. The van der Waals surface area contributed by atoms with Crippen molar-refractivity contribution in [2.45, 2.75) is 50.9 Å². The number of anilines is 2. The Morgan fingerprint density at radius 3 is 2.86 bits per heavy atom. The van der Waals surface area contributed by atoms with Crippen LogP contribution in [0, 0.1) is 0 Å². The first-order valence-corrected chi connectivity index (χ1v) is 7.92. The van der Waals surface area contributed by atoms with Crippen molar-refractivity contribution in [3.63, 3.8) is 0 Å². The first kappa shape index (κ1) is 14.5. The average Bonchev–Trinajstić information content (AvgIpc) is 3.16. The van der Waals surface area contributed by atoms with Gasteiger partial charge < -0.3 is 20.7 Å². The zero-order valence-corrected chi connectivity index (χ0v) is 12.7. The molecule has 1 atom stereocenters. The summed E-state index contributed by atoms with van der Waals surface area (Å²) in [6.07, 6.45) is 6.42. The summed E-state index contributed by atoms with van der Waals surface area (Å²) in [5, 5.41) is 3.31. The van der Waals surface area contributed by atoms with Crippen LogP contribution < -0.4 is 16.0 Å².